The maximum absolute atomic E-state index is 12.0. The Morgan fingerprint density at radius 3 is 2.90 bits per heavy atom. The number of esters is 1. The average Bonchev–Trinajstić information content (AvgIpc) is 3.13. The standard InChI is InChI=1S/C20H15BrN4O2S2.ClH/c1-2-27-19(26)12-5-3-6-14(9-12)28-16-10-13(21)11-23-17(16)25-20-24-15-7-4-8-22-18(15)29-20;/h3-11H,2H2,1H3,(H,23,24,25);1H. The Labute approximate surface area is 196 Å². The first-order valence-electron chi connectivity index (χ1n) is 8.71. The maximum atomic E-state index is 12.0. The van der Waals surface area contributed by atoms with Crippen LogP contribution in [0, 0.1) is 0 Å². The van der Waals surface area contributed by atoms with Crippen molar-refractivity contribution in [1.82, 2.24) is 15.0 Å². The monoisotopic (exact) mass is 522 g/mol. The molecule has 4 rings (SSSR count). The quantitative estimate of drug-likeness (QED) is 0.295. The predicted molar refractivity (Wildman–Crippen MR) is 126 cm³/mol. The lowest BCUT2D eigenvalue weighted by molar-refractivity contribution is 0.0526. The molecule has 30 heavy (non-hydrogen) atoms. The van der Waals surface area contributed by atoms with Gasteiger partial charge in [-0.15, -0.1) is 12.4 Å². The molecule has 3 aromatic heterocycles. The normalized spacial score (nSPS) is 10.5. The Morgan fingerprint density at radius 2 is 2.10 bits per heavy atom. The van der Waals surface area contributed by atoms with Gasteiger partial charge in [-0.2, -0.15) is 0 Å². The number of hydrogen-bond donors (Lipinski definition) is 1. The van der Waals surface area contributed by atoms with Gasteiger partial charge >= 0.3 is 5.97 Å². The Morgan fingerprint density at radius 1 is 1.23 bits per heavy atom. The van der Waals surface area contributed by atoms with Crippen LogP contribution < -0.4 is 5.32 Å². The Kier molecular flexibility index (Phi) is 7.65. The Hall–Kier alpha value is -2.20. The van der Waals surface area contributed by atoms with Gasteiger partial charge in [-0.25, -0.2) is 19.7 Å². The minimum absolute atomic E-state index is 0. The minimum atomic E-state index is -0.331. The fourth-order valence-electron chi connectivity index (χ4n) is 2.54. The van der Waals surface area contributed by atoms with Crippen LogP contribution in [0.5, 0.6) is 0 Å². The van der Waals surface area contributed by atoms with Crippen molar-refractivity contribution >= 4 is 78.7 Å². The first-order valence-corrected chi connectivity index (χ1v) is 11.1. The van der Waals surface area contributed by atoms with E-state index in [1.54, 1.807) is 25.4 Å². The summed E-state index contributed by atoms with van der Waals surface area (Å²) in [6, 6.07) is 13.1. The average molecular weight is 524 g/mol. The highest BCUT2D eigenvalue weighted by atomic mass is 79.9. The second kappa shape index (κ2) is 10.2. The maximum Gasteiger partial charge on any atom is 0.338 e. The van der Waals surface area contributed by atoms with Crippen LogP contribution in [-0.2, 0) is 4.74 Å². The van der Waals surface area contributed by atoms with E-state index in [-0.39, 0.29) is 18.4 Å². The van der Waals surface area contributed by atoms with Crippen LogP contribution in [0.3, 0.4) is 0 Å². The number of ether oxygens (including phenoxy) is 1. The van der Waals surface area contributed by atoms with E-state index < -0.39 is 0 Å². The van der Waals surface area contributed by atoms with Gasteiger partial charge in [0.15, 0.2) is 5.13 Å². The number of aromatic nitrogens is 3. The summed E-state index contributed by atoms with van der Waals surface area (Å²) in [5, 5.41) is 4.01. The van der Waals surface area contributed by atoms with Crippen molar-refractivity contribution in [2.45, 2.75) is 16.7 Å². The van der Waals surface area contributed by atoms with E-state index in [9.17, 15) is 4.79 Å². The number of anilines is 2. The number of carbonyl (C=O) groups excluding carboxylic acids is 1. The fraction of sp³-hybridized carbons (Fsp3) is 0.100. The molecule has 1 N–H and O–H groups in total. The molecule has 0 unspecified atom stereocenters. The minimum Gasteiger partial charge on any atom is -0.462 e. The molecule has 154 valence electrons. The highest BCUT2D eigenvalue weighted by Crippen LogP contribution is 2.36. The van der Waals surface area contributed by atoms with Crippen LogP contribution in [-0.4, -0.2) is 27.5 Å². The number of benzene rings is 1. The topological polar surface area (TPSA) is 77.0 Å². The van der Waals surface area contributed by atoms with Gasteiger partial charge in [0.2, 0.25) is 0 Å². The van der Waals surface area contributed by atoms with Gasteiger partial charge in [-0.3, -0.25) is 0 Å². The molecule has 0 amide bonds. The summed E-state index contributed by atoms with van der Waals surface area (Å²) < 4.78 is 5.95. The first kappa shape index (κ1) is 22.5. The second-order valence-corrected chi connectivity index (χ2v) is 8.83. The van der Waals surface area contributed by atoms with Gasteiger partial charge in [-0.1, -0.05) is 29.2 Å². The molecule has 0 bridgehead atoms. The molecule has 0 radical (unpaired) electrons. The SMILES string of the molecule is CCOC(=O)c1cccc(Sc2cc(Br)cnc2Nc2nc3cccnc3s2)c1.Cl. The zero-order chi connectivity index (χ0) is 20.2. The zero-order valence-corrected chi connectivity index (χ0v) is 19.7. The first-order chi connectivity index (χ1) is 14.1. The van der Waals surface area contributed by atoms with Crippen LogP contribution >= 0.6 is 51.4 Å². The van der Waals surface area contributed by atoms with Crippen molar-refractivity contribution < 1.29 is 9.53 Å². The number of nitrogens with one attached hydrogen (secondary N) is 1. The van der Waals surface area contributed by atoms with E-state index in [1.165, 1.54) is 23.1 Å². The fourth-order valence-corrected chi connectivity index (χ4v) is 4.81. The molecule has 3 heterocycles. The van der Waals surface area contributed by atoms with E-state index in [0.717, 1.165) is 29.7 Å². The predicted octanol–water partition coefficient (Wildman–Crippen LogP) is 6.34. The number of carbonyl (C=O) groups is 1. The number of rotatable bonds is 6. The van der Waals surface area contributed by atoms with E-state index in [1.807, 2.05) is 36.4 Å². The van der Waals surface area contributed by atoms with Crippen LogP contribution in [0.1, 0.15) is 17.3 Å². The molecule has 0 fully saturated rings. The molecule has 1 aromatic carbocycles. The number of thiazole rings is 1. The van der Waals surface area contributed by atoms with Gasteiger partial charge in [0.25, 0.3) is 0 Å². The number of nitrogens with zero attached hydrogens (tertiary/aromatic N) is 3. The second-order valence-electron chi connectivity index (χ2n) is 5.82. The third-order valence-corrected chi connectivity index (χ3v) is 6.13. The number of fused-ring (bicyclic) bond motifs is 1. The lowest BCUT2D eigenvalue weighted by atomic mass is 10.2. The van der Waals surface area contributed by atoms with Gasteiger partial charge in [0.1, 0.15) is 16.2 Å². The van der Waals surface area contributed by atoms with Crippen LogP contribution in [0.4, 0.5) is 10.9 Å². The van der Waals surface area contributed by atoms with E-state index in [4.69, 9.17) is 4.74 Å². The lowest BCUT2D eigenvalue weighted by Crippen LogP contribution is -2.04. The van der Waals surface area contributed by atoms with E-state index in [0.29, 0.717) is 18.0 Å². The van der Waals surface area contributed by atoms with Crippen molar-refractivity contribution in [3.8, 4) is 0 Å². The zero-order valence-electron chi connectivity index (χ0n) is 15.7. The molecule has 4 aromatic rings. The molecule has 0 saturated carbocycles. The summed E-state index contributed by atoms with van der Waals surface area (Å²) in [5.41, 5.74) is 1.36. The Bertz CT molecular complexity index is 1160. The largest absolute Gasteiger partial charge is 0.462 e. The number of halogens is 2. The highest BCUT2D eigenvalue weighted by molar-refractivity contribution is 9.10. The molecule has 0 aliphatic heterocycles. The Balaban J connectivity index is 0.00000256. The van der Waals surface area contributed by atoms with Gasteiger partial charge in [0, 0.05) is 21.8 Å². The smallest absolute Gasteiger partial charge is 0.338 e. The summed E-state index contributed by atoms with van der Waals surface area (Å²) in [7, 11) is 0. The molecule has 0 atom stereocenters. The summed E-state index contributed by atoms with van der Waals surface area (Å²) in [4.78, 5) is 28.1. The number of pyridine rings is 2. The molecule has 6 nitrogen and oxygen atoms in total. The van der Waals surface area contributed by atoms with Gasteiger partial charge in [-0.05, 0) is 59.3 Å². The third-order valence-electron chi connectivity index (χ3n) is 3.78. The lowest BCUT2D eigenvalue weighted by Gasteiger charge is -2.10. The molecule has 0 saturated heterocycles. The summed E-state index contributed by atoms with van der Waals surface area (Å²) in [6.07, 6.45) is 3.48. The van der Waals surface area contributed by atoms with Crippen molar-refractivity contribution in [3.63, 3.8) is 0 Å². The summed E-state index contributed by atoms with van der Waals surface area (Å²) in [5.74, 6) is 0.349. The van der Waals surface area contributed by atoms with Crippen molar-refractivity contribution in [1.29, 1.82) is 0 Å². The third kappa shape index (κ3) is 5.28. The van der Waals surface area contributed by atoms with Crippen molar-refractivity contribution in [3.05, 3.63) is 64.9 Å². The van der Waals surface area contributed by atoms with E-state index in [2.05, 4.69) is 36.2 Å². The van der Waals surface area contributed by atoms with Crippen LogP contribution in [0.15, 0.2) is 69.1 Å². The molecule has 10 heteroatoms. The molecular weight excluding hydrogens is 508 g/mol. The van der Waals surface area contributed by atoms with E-state index >= 15 is 0 Å². The summed E-state index contributed by atoms with van der Waals surface area (Å²) >= 11 is 6.45. The summed E-state index contributed by atoms with van der Waals surface area (Å²) in [6.45, 7) is 2.13. The van der Waals surface area contributed by atoms with Crippen LogP contribution in [0.25, 0.3) is 10.3 Å². The molecule has 0 aliphatic carbocycles. The van der Waals surface area contributed by atoms with Crippen molar-refractivity contribution in [2.24, 2.45) is 0 Å². The molecule has 0 aliphatic rings. The molecule has 0 spiro atoms. The molecular formula is C20H16BrClN4O2S2. The van der Waals surface area contributed by atoms with Crippen molar-refractivity contribution in [2.75, 3.05) is 11.9 Å². The van der Waals surface area contributed by atoms with Gasteiger partial charge < -0.3 is 10.1 Å². The van der Waals surface area contributed by atoms with Gasteiger partial charge in [0.05, 0.1) is 17.1 Å². The number of hydrogen-bond acceptors (Lipinski definition) is 8. The van der Waals surface area contributed by atoms with Crippen LogP contribution in [0.2, 0.25) is 0 Å². The highest BCUT2D eigenvalue weighted by Gasteiger charge is 2.13.